The number of rotatable bonds is 6. The molecular weight excluding hydrogens is 334 g/mol. The summed E-state index contributed by atoms with van der Waals surface area (Å²) in [6, 6.07) is 7.08. The Hall–Kier alpha value is -1.56. The monoisotopic (exact) mass is 365 g/mol. The van der Waals surface area contributed by atoms with Gasteiger partial charge in [-0.15, -0.1) is 0 Å². The molecule has 6 heteroatoms. The molecule has 0 aromatic heterocycles. The maximum absolute atomic E-state index is 11.5. The van der Waals surface area contributed by atoms with E-state index in [1.165, 1.54) is 31.9 Å². The molecule has 0 bridgehead atoms. The summed E-state index contributed by atoms with van der Waals surface area (Å²) in [6.45, 7) is 4.09. The average Bonchev–Trinajstić information content (AvgIpc) is 2.59. The molecule has 140 valence electrons. The van der Waals surface area contributed by atoms with Crippen LogP contribution in [0, 0.1) is 11.8 Å². The molecule has 25 heavy (non-hydrogen) atoms. The second-order valence-electron chi connectivity index (χ2n) is 7.07. The van der Waals surface area contributed by atoms with E-state index in [4.69, 9.17) is 0 Å². The van der Waals surface area contributed by atoms with E-state index >= 15 is 0 Å². The van der Waals surface area contributed by atoms with E-state index in [9.17, 15) is 8.42 Å². The first kappa shape index (κ1) is 19.8. The molecule has 0 spiro atoms. The molecule has 2 N–H and O–H groups in total. The zero-order valence-corrected chi connectivity index (χ0v) is 16.4. The molecule has 1 aromatic carbocycles. The van der Waals surface area contributed by atoms with Crippen LogP contribution in [0.5, 0.6) is 0 Å². The number of sulfone groups is 1. The van der Waals surface area contributed by atoms with Crippen LogP contribution in [-0.4, -0.2) is 40.8 Å². The summed E-state index contributed by atoms with van der Waals surface area (Å²) >= 11 is 0. The molecule has 2 unspecified atom stereocenters. The Morgan fingerprint density at radius 3 is 2.44 bits per heavy atom. The number of hydrogen-bond acceptors (Lipinski definition) is 3. The molecular formula is C19H31N3O2S. The summed E-state index contributed by atoms with van der Waals surface area (Å²) in [5.74, 6) is 2.36. The summed E-state index contributed by atoms with van der Waals surface area (Å²) < 4.78 is 23.0. The van der Waals surface area contributed by atoms with Crippen molar-refractivity contribution in [2.24, 2.45) is 16.8 Å². The third-order valence-electron chi connectivity index (χ3n) is 5.10. The third-order valence-corrected chi connectivity index (χ3v) is 6.23. The lowest BCUT2D eigenvalue weighted by Crippen LogP contribution is -2.42. The predicted molar refractivity (Wildman–Crippen MR) is 104 cm³/mol. The second kappa shape index (κ2) is 9.22. The zero-order chi connectivity index (χ0) is 18.3. The van der Waals surface area contributed by atoms with Crippen molar-refractivity contribution in [2.45, 2.75) is 43.9 Å². The fraction of sp³-hybridized carbons (Fsp3) is 0.632. The number of aliphatic imine (C=N–C) groups is 1. The first-order valence-electron chi connectivity index (χ1n) is 9.13. The Bertz CT molecular complexity index is 668. The van der Waals surface area contributed by atoms with Crippen LogP contribution in [0.3, 0.4) is 0 Å². The predicted octanol–water partition coefficient (Wildman–Crippen LogP) is 2.62. The molecule has 0 heterocycles. The minimum absolute atomic E-state index is 0.364. The average molecular weight is 366 g/mol. The van der Waals surface area contributed by atoms with Gasteiger partial charge in [-0.05, 0) is 42.4 Å². The molecule has 5 nitrogen and oxygen atoms in total. The van der Waals surface area contributed by atoms with Crippen LogP contribution in [0.2, 0.25) is 0 Å². The number of guanidine groups is 1. The largest absolute Gasteiger partial charge is 0.356 e. The fourth-order valence-corrected chi connectivity index (χ4v) is 4.00. The summed E-state index contributed by atoms with van der Waals surface area (Å²) in [6.07, 6.45) is 7.39. The number of benzene rings is 1. The Balaban J connectivity index is 1.75. The zero-order valence-electron chi connectivity index (χ0n) is 15.6. The summed E-state index contributed by atoms with van der Waals surface area (Å²) in [4.78, 5) is 4.65. The normalized spacial score (nSPS) is 21.8. The van der Waals surface area contributed by atoms with E-state index in [1.54, 1.807) is 19.2 Å². The molecule has 0 aliphatic heterocycles. The highest BCUT2D eigenvalue weighted by atomic mass is 32.2. The van der Waals surface area contributed by atoms with Gasteiger partial charge in [0.15, 0.2) is 15.8 Å². The summed E-state index contributed by atoms with van der Waals surface area (Å²) in [5.41, 5.74) is 1.11. The molecule has 1 fully saturated rings. The van der Waals surface area contributed by atoms with E-state index in [0.717, 1.165) is 42.9 Å². The molecule has 0 amide bonds. The van der Waals surface area contributed by atoms with Crippen molar-refractivity contribution >= 4 is 15.8 Å². The molecule has 2 atom stereocenters. The minimum Gasteiger partial charge on any atom is -0.356 e. The maximum Gasteiger partial charge on any atom is 0.190 e. The van der Waals surface area contributed by atoms with E-state index in [-0.39, 0.29) is 0 Å². The van der Waals surface area contributed by atoms with Crippen molar-refractivity contribution in [1.82, 2.24) is 10.6 Å². The van der Waals surface area contributed by atoms with Crippen molar-refractivity contribution in [3.63, 3.8) is 0 Å². The van der Waals surface area contributed by atoms with Gasteiger partial charge in [-0.3, -0.25) is 4.99 Å². The van der Waals surface area contributed by atoms with Gasteiger partial charge < -0.3 is 10.6 Å². The molecule has 1 saturated carbocycles. The van der Waals surface area contributed by atoms with Gasteiger partial charge in [-0.1, -0.05) is 38.3 Å². The Labute approximate surface area is 152 Å². The topological polar surface area (TPSA) is 70.6 Å². The lowest BCUT2D eigenvalue weighted by Gasteiger charge is -2.29. The van der Waals surface area contributed by atoms with Crippen LogP contribution >= 0.6 is 0 Å². The fourth-order valence-electron chi connectivity index (χ4n) is 3.37. The van der Waals surface area contributed by atoms with Gasteiger partial charge in [-0.2, -0.15) is 0 Å². The van der Waals surface area contributed by atoms with E-state index in [0.29, 0.717) is 4.90 Å². The summed E-state index contributed by atoms with van der Waals surface area (Å²) in [7, 11) is -1.33. The quantitative estimate of drug-likeness (QED) is 0.600. The van der Waals surface area contributed by atoms with Gasteiger partial charge in [0.1, 0.15) is 0 Å². The van der Waals surface area contributed by atoms with Gasteiger partial charge in [0.2, 0.25) is 0 Å². The van der Waals surface area contributed by atoms with Crippen LogP contribution in [-0.2, 0) is 16.3 Å². The van der Waals surface area contributed by atoms with Gasteiger partial charge in [0.05, 0.1) is 4.90 Å². The standard InChI is InChI=1S/C19H31N3O2S/c1-15-6-4-5-7-17(15)14-22-19(20-2)21-13-12-16-8-10-18(11-9-16)25(3,23)24/h8-11,15,17H,4-7,12-14H2,1-3H3,(H2,20,21,22). The highest BCUT2D eigenvalue weighted by Crippen LogP contribution is 2.28. The van der Waals surface area contributed by atoms with Gasteiger partial charge >= 0.3 is 0 Å². The number of hydrogen-bond donors (Lipinski definition) is 2. The van der Waals surface area contributed by atoms with Crippen molar-refractivity contribution in [3.05, 3.63) is 29.8 Å². The molecule has 0 saturated heterocycles. The highest BCUT2D eigenvalue weighted by molar-refractivity contribution is 7.90. The van der Waals surface area contributed by atoms with Crippen LogP contribution in [0.25, 0.3) is 0 Å². The Morgan fingerprint density at radius 1 is 1.16 bits per heavy atom. The van der Waals surface area contributed by atoms with Crippen molar-refractivity contribution in [1.29, 1.82) is 0 Å². The van der Waals surface area contributed by atoms with Crippen LogP contribution in [0.4, 0.5) is 0 Å². The SMILES string of the molecule is CN=C(NCCc1ccc(S(C)(=O)=O)cc1)NCC1CCCCC1C. The lowest BCUT2D eigenvalue weighted by molar-refractivity contribution is 0.256. The van der Waals surface area contributed by atoms with Gasteiger partial charge in [0.25, 0.3) is 0 Å². The number of nitrogens with zero attached hydrogens (tertiary/aromatic N) is 1. The van der Waals surface area contributed by atoms with Gasteiger partial charge in [-0.25, -0.2) is 8.42 Å². The number of nitrogens with one attached hydrogen (secondary N) is 2. The van der Waals surface area contributed by atoms with Crippen LogP contribution < -0.4 is 10.6 Å². The van der Waals surface area contributed by atoms with Crippen LogP contribution in [0.1, 0.15) is 38.2 Å². The maximum atomic E-state index is 11.5. The van der Waals surface area contributed by atoms with Crippen molar-refractivity contribution in [3.8, 4) is 0 Å². The van der Waals surface area contributed by atoms with Crippen LogP contribution in [0.15, 0.2) is 34.2 Å². The molecule has 0 radical (unpaired) electrons. The summed E-state index contributed by atoms with van der Waals surface area (Å²) in [5, 5.41) is 6.78. The first-order valence-corrected chi connectivity index (χ1v) is 11.0. The van der Waals surface area contributed by atoms with Gasteiger partial charge in [0, 0.05) is 26.4 Å². The molecule has 1 aliphatic carbocycles. The smallest absolute Gasteiger partial charge is 0.190 e. The van der Waals surface area contributed by atoms with Crippen molar-refractivity contribution in [2.75, 3.05) is 26.4 Å². The van der Waals surface area contributed by atoms with E-state index < -0.39 is 9.84 Å². The second-order valence-corrected chi connectivity index (χ2v) is 9.08. The Morgan fingerprint density at radius 2 is 1.84 bits per heavy atom. The van der Waals surface area contributed by atoms with Crippen molar-refractivity contribution < 1.29 is 8.42 Å². The van der Waals surface area contributed by atoms with E-state index in [1.807, 2.05) is 12.1 Å². The minimum atomic E-state index is -3.12. The lowest BCUT2D eigenvalue weighted by atomic mass is 9.80. The first-order chi connectivity index (χ1) is 11.9. The molecule has 1 aliphatic rings. The van der Waals surface area contributed by atoms with E-state index in [2.05, 4.69) is 22.5 Å². The highest BCUT2D eigenvalue weighted by Gasteiger charge is 2.21. The molecule has 2 rings (SSSR count). The third kappa shape index (κ3) is 6.34. The molecule has 1 aromatic rings. The Kier molecular flexibility index (Phi) is 7.29.